The van der Waals surface area contributed by atoms with Crippen LogP contribution in [0.5, 0.6) is 0 Å². The van der Waals surface area contributed by atoms with Gasteiger partial charge >= 0.3 is 0 Å². The third-order valence-corrected chi connectivity index (χ3v) is 3.11. The fourth-order valence-electron chi connectivity index (χ4n) is 1.46. The second-order valence-corrected chi connectivity index (χ2v) is 4.51. The summed E-state index contributed by atoms with van der Waals surface area (Å²) in [5.41, 5.74) is 5.85. The highest BCUT2D eigenvalue weighted by Crippen LogP contribution is 2.21. The average molecular weight is 206 g/mol. The predicted molar refractivity (Wildman–Crippen MR) is 48.4 cm³/mol. The number of rotatable bonds is 0. The Balaban J connectivity index is 2.23. The van der Waals surface area contributed by atoms with Crippen LogP contribution in [-0.4, -0.2) is 10.9 Å². The van der Waals surface area contributed by atoms with Crippen molar-refractivity contribution >= 4 is 15.9 Å². The van der Waals surface area contributed by atoms with Gasteiger partial charge in [0.1, 0.15) is 0 Å². The zero-order chi connectivity index (χ0) is 7.40. The third kappa shape index (κ3) is 3.02. The highest BCUT2D eigenvalue weighted by Gasteiger charge is 2.11. The van der Waals surface area contributed by atoms with E-state index in [9.17, 15) is 0 Å². The molecule has 2 heteroatoms. The Kier molecular flexibility index (Phi) is 3.71. The van der Waals surface area contributed by atoms with E-state index in [1.807, 2.05) is 0 Å². The Hall–Kier alpha value is 0.440. The first-order valence-corrected chi connectivity index (χ1v) is 5.10. The lowest BCUT2D eigenvalue weighted by atomic mass is 9.97. The molecule has 0 heterocycles. The topological polar surface area (TPSA) is 26.0 Å². The molecule has 1 nitrogen and oxygen atoms in total. The number of hydrogen-bond acceptors (Lipinski definition) is 1. The minimum atomic E-state index is 0.473. The molecule has 10 heavy (non-hydrogen) atoms. The summed E-state index contributed by atoms with van der Waals surface area (Å²) in [6.45, 7) is 0. The van der Waals surface area contributed by atoms with Crippen molar-refractivity contribution in [1.29, 1.82) is 0 Å². The van der Waals surface area contributed by atoms with Gasteiger partial charge in [-0.05, 0) is 25.7 Å². The number of nitrogens with two attached hydrogens (primary N) is 1. The third-order valence-electron chi connectivity index (χ3n) is 2.19. The molecule has 1 saturated carbocycles. The van der Waals surface area contributed by atoms with E-state index in [2.05, 4.69) is 15.9 Å². The van der Waals surface area contributed by atoms with E-state index in [4.69, 9.17) is 5.73 Å². The van der Waals surface area contributed by atoms with Gasteiger partial charge in [0.25, 0.3) is 0 Å². The lowest BCUT2D eigenvalue weighted by molar-refractivity contribution is 0.463. The minimum absolute atomic E-state index is 0.473. The normalized spacial score (nSPS) is 36.6. The molecule has 1 unspecified atom stereocenters. The molecule has 0 aromatic carbocycles. The molecule has 0 aromatic rings. The SMILES string of the molecule is NC1CCCC[C@H](Br)CC1. The molecule has 0 aliphatic heterocycles. The average Bonchev–Trinajstić information content (AvgIpc) is 1.90. The van der Waals surface area contributed by atoms with Crippen molar-refractivity contribution in [3.05, 3.63) is 0 Å². The van der Waals surface area contributed by atoms with Gasteiger partial charge in [0.05, 0.1) is 0 Å². The summed E-state index contributed by atoms with van der Waals surface area (Å²) in [6.07, 6.45) is 7.72. The first-order chi connectivity index (χ1) is 4.79. The molecule has 60 valence electrons. The van der Waals surface area contributed by atoms with Crippen LogP contribution in [0.25, 0.3) is 0 Å². The maximum absolute atomic E-state index is 5.85. The first kappa shape index (κ1) is 8.54. The van der Waals surface area contributed by atoms with Crippen LogP contribution in [0.4, 0.5) is 0 Å². The molecule has 1 aliphatic carbocycles. The molecule has 0 bridgehead atoms. The Morgan fingerprint density at radius 2 is 1.70 bits per heavy atom. The monoisotopic (exact) mass is 205 g/mol. The molecule has 0 radical (unpaired) electrons. The van der Waals surface area contributed by atoms with E-state index in [1.165, 1.54) is 38.5 Å². The predicted octanol–water partition coefficient (Wildman–Crippen LogP) is 2.43. The minimum Gasteiger partial charge on any atom is -0.328 e. The summed E-state index contributed by atoms with van der Waals surface area (Å²) in [5.74, 6) is 0. The Morgan fingerprint density at radius 3 is 2.50 bits per heavy atom. The Morgan fingerprint density at radius 1 is 1.00 bits per heavy atom. The van der Waals surface area contributed by atoms with Gasteiger partial charge < -0.3 is 5.73 Å². The molecule has 0 saturated heterocycles. The Labute approximate surface area is 71.5 Å². The lowest BCUT2D eigenvalue weighted by Gasteiger charge is -2.18. The lowest BCUT2D eigenvalue weighted by Crippen LogP contribution is -2.22. The van der Waals surface area contributed by atoms with Crippen LogP contribution in [0.15, 0.2) is 0 Å². The van der Waals surface area contributed by atoms with Crippen LogP contribution in [0.1, 0.15) is 38.5 Å². The fraction of sp³-hybridized carbons (Fsp3) is 1.00. The van der Waals surface area contributed by atoms with E-state index in [-0.39, 0.29) is 0 Å². The van der Waals surface area contributed by atoms with Crippen LogP contribution >= 0.6 is 15.9 Å². The smallest absolute Gasteiger partial charge is 0.0146 e. The van der Waals surface area contributed by atoms with Gasteiger partial charge in [-0.15, -0.1) is 0 Å². The molecule has 2 N–H and O–H groups in total. The van der Waals surface area contributed by atoms with Crippen molar-refractivity contribution in [3.8, 4) is 0 Å². The van der Waals surface area contributed by atoms with E-state index >= 15 is 0 Å². The fourth-order valence-corrected chi connectivity index (χ4v) is 2.04. The first-order valence-electron chi connectivity index (χ1n) is 4.18. The zero-order valence-electron chi connectivity index (χ0n) is 6.35. The van der Waals surface area contributed by atoms with Crippen molar-refractivity contribution in [2.75, 3.05) is 0 Å². The largest absolute Gasteiger partial charge is 0.328 e. The molecule has 1 rings (SSSR count). The second-order valence-electron chi connectivity index (χ2n) is 3.22. The van der Waals surface area contributed by atoms with Crippen LogP contribution in [0, 0.1) is 0 Å². The van der Waals surface area contributed by atoms with Crippen LogP contribution in [0.3, 0.4) is 0 Å². The molecule has 2 atom stereocenters. The standard InChI is InChI=1S/C8H16BrN/c9-7-3-1-2-4-8(10)6-5-7/h7-8H,1-6,10H2/t7-,8?/m0/s1. The maximum atomic E-state index is 5.85. The number of hydrogen-bond donors (Lipinski definition) is 1. The number of halogens is 1. The molecular weight excluding hydrogens is 190 g/mol. The quantitative estimate of drug-likeness (QED) is 0.605. The van der Waals surface area contributed by atoms with Crippen molar-refractivity contribution < 1.29 is 0 Å². The summed E-state index contributed by atoms with van der Waals surface area (Å²) in [6, 6.07) is 0.473. The zero-order valence-corrected chi connectivity index (χ0v) is 7.94. The summed E-state index contributed by atoms with van der Waals surface area (Å²) >= 11 is 3.64. The van der Waals surface area contributed by atoms with Gasteiger partial charge in [0, 0.05) is 10.9 Å². The molecule has 1 aliphatic rings. The van der Waals surface area contributed by atoms with E-state index < -0.39 is 0 Å². The molecule has 0 amide bonds. The Bertz CT molecular complexity index is 83.3. The maximum Gasteiger partial charge on any atom is 0.0146 e. The molecule has 0 spiro atoms. The molecule has 0 aromatic heterocycles. The summed E-state index contributed by atoms with van der Waals surface area (Å²) in [5, 5.41) is 0. The van der Waals surface area contributed by atoms with Crippen molar-refractivity contribution in [2.45, 2.75) is 49.4 Å². The van der Waals surface area contributed by atoms with Gasteiger partial charge in [-0.25, -0.2) is 0 Å². The molecular formula is C8H16BrN. The van der Waals surface area contributed by atoms with Crippen molar-refractivity contribution in [3.63, 3.8) is 0 Å². The molecule has 1 fully saturated rings. The van der Waals surface area contributed by atoms with Gasteiger partial charge in [0.2, 0.25) is 0 Å². The highest BCUT2D eigenvalue weighted by molar-refractivity contribution is 9.09. The van der Waals surface area contributed by atoms with Crippen molar-refractivity contribution in [2.24, 2.45) is 5.73 Å². The summed E-state index contributed by atoms with van der Waals surface area (Å²) in [7, 11) is 0. The number of alkyl halides is 1. The highest BCUT2D eigenvalue weighted by atomic mass is 79.9. The van der Waals surface area contributed by atoms with Gasteiger partial charge in [0.15, 0.2) is 0 Å². The van der Waals surface area contributed by atoms with Gasteiger partial charge in [-0.3, -0.25) is 0 Å². The summed E-state index contributed by atoms with van der Waals surface area (Å²) < 4.78 is 0. The van der Waals surface area contributed by atoms with E-state index in [0.29, 0.717) is 6.04 Å². The van der Waals surface area contributed by atoms with Gasteiger partial charge in [-0.1, -0.05) is 28.8 Å². The second kappa shape index (κ2) is 4.35. The van der Waals surface area contributed by atoms with E-state index in [0.717, 1.165) is 4.83 Å². The van der Waals surface area contributed by atoms with Crippen LogP contribution in [-0.2, 0) is 0 Å². The van der Waals surface area contributed by atoms with Gasteiger partial charge in [-0.2, -0.15) is 0 Å². The van der Waals surface area contributed by atoms with E-state index in [1.54, 1.807) is 0 Å². The summed E-state index contributed by atoms with van der Waals surface area (Å²) in [4.78, 5) is 0.735. The van der Waals surface area contributed by atoms with Crippen LogP contribution < -0.4 is 5.73 Å². The van der Waals surface area contributed by atoms with Crippen LogP contribution in [0.2, 0.25) is 0 Å². The van der Waals surface area contributed by atoms with Crippen molar-refractivity contribution in [1.82, 2.24) is 0 Å².